The Balaban J connectivity index is 1.83. The molecule has 0 aliphatic carbocycles. The van der Waals surface area contributed by atoms with E-state index in [0.29, 0.717) is 18.5 Å². The Morgan fingerprint density at radius 2 is 2.29 bits per heavy atom. The standard InChI is InChI=1S/C17H27N3O/c1-13(2)20-9-7-15(12-20)11-19-17(21)16-5-3-4-14(10-16)6-8-18/h3-5,10,13,15H,6-9,11-12,18H2,1-2H3,(H,19,21). The molecule has 1 fully saturated rings. The Labute approximate surface area is 127 Å². The molecular formula is C17H27N3O. The minimum absolute atomic E-state index is 0.0249. The number of nitrogens with two attached hydrogens (primary N) is 1. The van der Waals surface area contributed by atoms with Crippen LogP contribution in [0.25, 0.3) is 0 Å². The summed E-state index contributed by atoms with van der Waals surface area (Å²) in [6.07, 6.45) is 1.98. The summed E-state index contributed by atoms with van der Waals surface area (Å²) in [4.78, 5) is 14.7. The highest BCUT2D eigenvalue weighted by atomic mass is 16.1. The Kier molecular flexibility index (Phi) is 5.76. The SMILES string of the molecule is CC(C)N1CCC(CNC(=O)c2cccc(CCN)c2)C1. The zero-order valence-electron chi connectivity index (χ0n) is 13.1. The maximum Gasteiger partial charge on any atom is 0.251 e. The van der Waals surface area contributed by atoms with E-state index in [0.717, 1.165) is 37.2 Å². The van der Waals surface area contributed by atoms with Gasteiger partial charge in [-0.15, -0.1) is 0 Å². The number of hydrogen-bond acceptors (Lipinski definition) is 3. The third kappa shape index (κ3) is 4.55. The molecule has 0 spiro atoms. The molecule has 21 heavy (non-hydrogen) atoms. The fourth-order valence-electron chi connectivity index (χ4n) is 2.87. The predicted octanol–water partition coefficient (Wildman–Crippen LogP) is 1.65. The van der Waals surface area contributed by atoms with Crippen LogP contribution in [0.4, 0.5) is 0 Å². The van der Waals surface area contributed by atoms with E-state index in [1.807, 2.05) is 24.3 Å². The second-order valence-electron chi connectivity index (χ2n) is 6.19. The van der Waals surface area contributed by atoms with Crippen molar-refractivity contribution in [2.24, 2.45) is 11.7 Å². The highest BCUT2D eigenvalue weighted by molar-refractivity contribution is 5.94. The van der Waals surface area contributed by atoms with Gasteiger partial charge in [0.15, 0.2) is 0 Å². The van der Waals surface area contributed by atoms with Crippen molar-refractivity contribution >= 4 is 5.91 Å². The van der Waals surface area contributed by atoms with Crippen molar-refractivity contribution in [2.45, 2.75) is 32.7 Å². The molecule has 4 nitrogen and oxygen atoms in total. The third-order valence-corrected chi connectivity index (χ3v) is 4.22. The molecule has 3 N–H and O–H groups in total. The van der Waals surface area contributed by atoms with Gasteiger partial charge in [-0.3, -0.25) is 4.79 Å². The van der Waals surface area contributed by atoms with Crippen LogP contribution in [-0.4, -0.2) is 43.0 Å². The Hall–Kier alpha value is -1.39. The number of hydrogen-bond donors (Lipinski definition) is 2. The van der Waals surface area contributed by atoms with Gasteiger partial charge in [0, 0.05) is 24.7 Å². The quantitative estimate of drug-likeness (QED) is 0.837. The van der Waals surface area contributed by atoms with Crippen molar-refractivity contribution in [1.82, 2.24) is 10.2 Å². The van der Waals surface area contributed by atoms with Gasteiger partial charge in [-0.05, 0) is 63.4 Å². The van der Waals surface area contributed by atoms with Gasteiger partial charge in [-0.25, -0.2) is 0 Å². The molecule has 116 valence electrons. The summed E-state index contributed by atoms with van der Waals surface area (Å²) in [5.74, 6) is 0.598. The number of nitrogens with zero attached hydrogens (tertiary/aromatic N) is 1. The molecule has 1 aromatic rings. The van der Waals surface area contributed by atoms with Gasteiger partial charge >= 0.3 is 0 Å². The number of likely N-dealkylation sites (tertiary alicyclic amines) is 1. The van der Waals surface area contributed by atoms with E-state index in [4.69, 9.17) is 5.73 Å². The van der Waals surface area contributed by atoms with Crippen LogP contribution in [0, 0.1) is 5.92 Å². The van der Waals surface area contributed by atoms with E-state index in [-0.39, 0.29) is 5.91 Å². The van der Waals surface area contributed by atoms with Crippen molar-refractivity contribution in [1.29, 1.82) is 0 Å². The summed E-state index contributed by atoms with van der Waals surface area (Å²) >= 11 is 0. The molecule has 1 saturated heterocycles. The lowest BCUT2D eigenvalue weighted by molar-refractivity contribution is 0.0947. The van der Waals surface area contributed by atoms with Crippen molar-refractivity contribution < 1.29 is 4.79 Å². The fourth-order valence-corrected chi connectivity index (χ4v) is 2.87. The molecule has 1 aliphatic rings. The molecule has 2 rings (SSSR count). The molecule has 0 saturated carbocycles. The van der Waals surface area contributed by atoms with Crippen molar-refractivity contribution in [3.05, 3.63) is 35.4 Å². The number of carbonyl (C=O) groups excluding carboxylic acids is 1. The van der Waals surface area contributed by atoms with E-state index in [9.17, 15) is 4.79 Å². The van der Waals surface area contributed by atoms with Crippen molar-refractivity contribution in [3.8, 4) is 0 Å². The second-order valence-corrected chi connectivity index (χ2v) is 6.19. The summed E-state index contributed by atoms with van der Waals surface area (Å²) in [6.45, 7) is 8.06. The van der Waals surface area contributed by atoms with E-state index >= 15 is 0 Å². The van der Waals surface area contributed by atoms with Crippen LogP contribution in [-0.2, 0) is 6.42 Å². The summed E-state index contributed by atoms with van der Waals surface area (Å²) in [7, 11) is 0. The topological polar surface area (TPSA) is 58.4 Å². The van der Waals surface area contributed by atoms with Crippen LogP contribution < -0.4 is 11.1 Å². The van der Waals surface area contributed by atoms with Crippen LogP contribution >= 0.6 is 0 Å². The molecule has 1 aromatic carbocycles. The first-order chi connectivity index (χ1) is 10.1. The smallest absolute Gasteiger partial charge is 0.251 e. The van der Waals surface area contributed by atoms with Gasteiger partial charge < -0.3 is 16.0 Å². The maximum absolute atomic E-state index is 12.2. The first-order valence-electron chi connectivity index (χ1n) is 7.91. The Bertz CT molecular complexity index is 473. The average molecular weight is 289 g/mol. The normalized spacial score (nSPS) is 19.1. The van der Waals surface area contributed by atoms with Crippen LogP contribution in [0.15, 0.2) is 24.3 Å². The van der Waals surface area contributed by atoms with E-state index in [1.165, 1.54) is 6.42 Å². The average Bonchev–Trinajstić information content (AvgIpc) is 2.94. The van der Waals surface area contributed by atoms with Crippen LogP contribution in [0.1, 0.15) is 36.2 Å². The first kappa shape index (κ1) is 16.0. The number of carbonyl (C=O) groups is 1. The highest BCUT2D eigenvalue weighted by Crippen LogP contribution is 2.17. The summed E-state index contributed by atoms with van der Waals surface area (Å²) in [5.41, 5.74) is 7.42. The lowest BCUT2D eigenvalue weighted by Gasteiger charge is -2.20. The molecule has 0 radical (unpaired) electrons. The van der Waals surface area contributed by atoms with Gasteiger partial charge in [-0.1, -0.05) is 12.1 Å². The Morgan fingerprint density at radius 3 is 2.95 bits per heavy atom. The third-order valence-electron chi connectivity index (χ3n) is 4.22. The van der Waals surface area contributed by atoms with Crippen molar-refractivity contribution in [3.63, 3.8) is 0 Å². The zero-order chi connectivity index (χ0) is 15.2. The number of amides is 1. The molecule has 1 aliphatic heterocycles. The summed E-state index contributed by atoms with van der Waals surface area (Å²) < 4.78 is 0. The molecular weight excluding hydrogens is 262 g/mol. The molecule has 1 amide bonds. The Morgan fingerprint density at radius 1 is 1.48 bits per heavy atom. The largest absolute Gasteiger partial charge is 0.352 e. The predicted molar refractivity (Wildman–Crippen MR) is 86.3 cm³/mol. The lowest BCUT2D eigenvalue weighted by atomic mass is 10.1. The number of rotatable bonds is 6. The molecule has 4 heteroatoms. The highest BCUT2D eigenvalue weighted by Gasteiger charge is 2.24. The molecule has 0 bridgehead atoms. The fraction of sp³-hybridized carbons (Fsp3) is 0.588. The number of benzene rings is 1. The van der Waals surface area contributed by atoms with Crippen molar-refractivity contribution in [2.75, 3.05) is 26.2 Å². The van der Waals surface area contributed by atoms with Gasteiger partial charge in [-0.2, -0.15) is 0 Å². The van der Waals surface area contributed by atoms with Gasteiger partial charge in [0.25, 0.3) is 5.91 Å². The minimum atomic E-state index is 0.0249. The van der Waals surface area contributed by atoms with Crippen LogP contribution in [0.2, 0.25) is 0 Å². The molecule has 0 aromatic heterocycles. The zero-order valence-corrected chi connectivity index (χ0v) is 13.1. The maximum atomic E-state index is 12.2. The molecule has 1 unspecified atom stereocenters. The number of nitrogens with one attached hydrogen (secondary N) is 1. The van der Waals surface area contributed by atoms with Gasteiger partial charge in [0.1, 0.15) is 0 Å². The van der Waals surface area contributed by atoms with Crippen LogP contribution in [0.5, 0.6) is 0 Å². The van der Waals surface area contributed by atoms with Gasteiger partial charge in [0.2, 0.25) is 0 Å². The second kappa shape index (κ2) is 7.57. The molecule has 1 atom stereocenters. The van der Waals surface area contributed by atoms with E-state index < -0.39 is 0 Å². The van der Waals surface area contributed by atoms with Crippen LogP contribution in [0.3, 0.4) is 0 Å². The van der Waals surface area contributed by atoms with E-state index in [1.54, 1.807) is 0 Å². The minimum Gasteiger partial charge on any atom is -0.352 e. The first-order valence-corrected chi connectivity index (χ1v) is 7.91. The van der Waals surface area contributed by atoms with E-state index in [2.05, 4.69) is 24.1 Å². The molecule has 1 heterocycles. The monoisotopic (exact) mass is 289 g/mol. The lowest BCUT2D eigenvalue weighted by Crippen LogP contribution is -2.33. The summed E-state index contributed by atoms with van der Waals surface area (Å²) in [6, 6.07) is 8.34. The van der Waals surface area contributed by atoms with Gasteiger partial charge in [0.05, 0.1) is 0 Å². The summed E-state index contributed by atoms with van der Waals surface area (Å²) in [5, 5.41) is 3.07.